The van der Waals surface area contributed by atoms with Crippen LogP contribution in [0.3, 0.4) is 0 Å². The fourth-order valence-electron chi connectivity index (χ4n) is 1.78. The van der Waals surface area contributed by atoms with Crippen molar-refractivity contribution in [3.05, 3.63) is 63.9 Å². The minimum Gasteiger partial charge on any atom is -0.485 e. The van der Waals surface area contributed by atoms with Crippen LogP contribution in [0.15, 0.2) is 46.9 Å². The summed E-state index contributed by atoms with van der Waals surface area (Å²) in [5.74, 6) is -0.403. The summed E-state index contributed by atoms with van der Waals surface area (Å²) in [5.41, 5.74) is 6.73. The lowest BCUT2D eigenvalue weighted by Crippen LogP contribution is -2.12. The van der Waals surface area contributed by atoms with E-state index in [0.717, 1.165) is 5.56 Å². The number of aliphatic hydroxyl groups excluding tert-OH is 1. The van der Waals surface area contributed by atoms with E-state index in [-0.39, 0.29) is 18.9 Å². The van der Waals surface area contributed by atoms with Crippen molar-refractivity contribution in [3.8, 4) is 5.75 Å². The molecule has 2 aromatic rings. The zero-order valence-corrected chi connectivity index (χ0v) is 12.3. The van der Waals surface area contributed by atoms with Crippen molar-refractivity contribution in [2.45, 2.75) is 12.7 Å². The summed E-state index contributed by atoms with van der Waals surface area (Å²) in [6.45, 7) is 0.311. The fraction of sp³-hybridized carbons (Fsp3) is 0.200. The van der Waals surface area contributed by atoms with E-state index in [9.17, 15) is 9.50 Å². The molecule has 2 rings (SSSR count). The highest BCUT2D eigenvalue weighted by Crippen LogP contribution is 2.32. The van der Waals surface area contributed by atoms with Crippen LogP contribution in [0.4, 0.5) is 4.39 Å². The standard InChI is InChI=1S/C15H15BrFNO2/c16-12-6-11(14(19)8-18)7-13(17)15(12)20-9-10-4-2-1-3-5-10/h1-7,14,19H,8-9,18H2. The molecule has 0 saturated carbocycles. The monoisotopic (exact) mass is 339 g/mol. The Morgan fingerprint density at radius 2 is 1.95 bits per heavy atom. The Bertz CT molecular complexity index is 554. The van der Waals surface area contributed by atoms with Crippen LogP contribution in [0, 0.1) is 5.82 Å². The molecular weight excluding hydrogens is 325 g/mol. The zero-order valence-electron chi connectivity index (χ0n) is 10.7. The van der Waals surface area contributed by atoms with Crippen LogP contribution in [0.2, 0.25) is 0 Å². The Kier molecular flexibility index (Phi) is 5.11. The molecule has 0 aliphatic heterocycles. The summed E-state index contributed by atoms with van der Waals surface area (Å²) in [6, 6.07) is 12.3. The van der Waals surface area contributed by atoms with Crippen molar-refractivity contribution in [1.29, 1.82) is 0 Å². The van der Waals surface area contributed by atoms with Crippen LogP contribution >= 0.6 is 15.9 Å². The quantitative estimate of drug-likeness (QED) is 0.879. The van der Waals surface area contributed by atoms with Gasteiger partial charge in [0, 0.05) is 6.54 Å². The molecule has 2 aromatic carbocycles. The Hall–Kier alpha value is -1.43. The molecule has 0 bridgehead atoms. The number of nitrogens with two attached hydrogens (primary N) is 1. The third-order valence-corrected chi connectivity index (χ3v) is 3.44. The predicted molar refractivity (Wildman–Crippen MR) is 78.9 cm³/mol. The van der Waals surface area contributed by atoms with Gasteiger partial charge in [0.2, 0.25) is 0 Å². The first-order valence-electron chi connectivity index (χ1n) is 6.15. The summed E-state index contributed by atoms with van der Waals surface area (Å²) in [7, 11) is 0. The molecule has 3 N–H and O–H groups in total. The number of halogens is 2. The van der Waals surface area contributed by atoms with Crippen LogP contribution in [0.1, 0.15) is 17.2 Å². The summed E-state index contributed by atoms with van der Waals surface area (Å²) >= 11 is 3.25. The minimum absolute atomic E-state index is 0.0378. The van der Waals surface area contributed by atoms with Gasteiger partial charge in [-0.25, -0.2) is 4.39 Å². The second-order valence-corrected chi connectivity index (χ2v) is 5.19. The maximum Gasteiger partial charge on any atom is 0.169 e. The number of rotatable bonds is 5. The van der Waals surface area contributed by atoms with E-state index in [1.54, 1.807) is 6.07 Å². The van der Waals surface area contributed by atoms with Crippen molar-refractivity contribution in [2.24, 2.45) is 5.73 Å². The van der Waals surface area contributed by atoms with E-state index < -0.39 is 11.9 Å². The van der Waals surface area contributed by atoms with Crippen LogP contribution < -0.4 is 10.5 Å². The van der Waals surface area contributed by atoms with Gasteiger partial charge in [-0.15, -0.1) is 0 Å². The maximum absolute atomic E-state index is 14.0. The van der Waals surface area contributed by atoms with E-state index in [0.29, 0.717) is 10.0 Å². The molecule has 0 heterocycles. The summed E-state index contributed by atoms with van der Waals surface area (Å²) in [4.78, 5) is 0. The topological polar surface area (TPSA) is 55.5 Å². The number of hydrogen-bond donors (Lipinski definition) is 2. The molecule has 20 heavy (non-hydrogen) atoms. The normalized spacial score (nSPS) is 12.2. The lowest BCUT2D eigenvalue weighted by atomic mass is 10.1. The Morgan fingerprint density at radius 1 is 1.25 bits per heavy atom. The minimum atomic E-state index is -0.885. The van der Waals surface area contributed by atoms with Gasteiger partial charge in [0.25, 0.3) is 0 Å². The van der Waals surface area contributed by atoms with Gasteiger partial charge in [-0.1, -0.05) is 30.3 Å². The van der Waals surface area contributed by atoms with Gasteiger partial charge < -0.3 is 15.6 Å². The second-order valence-electron chi connectivity index (χ2n) is 4.34. The smallest absolute Gasteiger partial charge is 0.169 e. The van der Waals surface area contributed by atoms with E-state index in [1.807, 2.05) is 30.3 Å². The van der Waals surface area contributed by atoms with Gasteiger partial charge in [-0.05, 0) is 39.2 Å². The molecule has 0 aliphatic rings. The molecule has 0 saturated heterocycles. The highest BCUT2D eigenvalue weighted by atomic mass is 79.9. The Balaban J connectivity index is 2.16. The Labute approximate surface area is 125 Å². The molecule has 3 nitrogen and oxygen atoms in total. The highest BCUT2D eigenvalue weighted by molar-refractivity contribution is 9.10. The lowest BCUT2D eigenvalue weighted by molar-refractivity contribution is 0.185. The molecular formula is C15H15BrFNO2. The molecule has 0 aliphatic carbocycles. The molecule has 0 amide bonds. The second kappa shape index (κ2) is 6.83. The predicted octanol–water partition coefficient (Wildman–Crippen LogP) is 3.16. The molecule has 1 atom stereocenters. The number of hydrogen-bond acceptors (Lipinski definition) is 3. The molecule has 0 radical (unpaired) electrons. The van der Waals surface area contributed by atoms with Gasteiger partial charge in [-0.3, -0.25) is 0 Å². The molecule has 0 aromatic heterocycles. The summed E-state index contributed by atoms with van der Waals surface area (Å²) < 4.78 is 19.9. The largest absolute Gasteiger partial charge is 0.485 e. The average molecular weight is 340 g/mol. The Morgan fingerprint density at radius 3 is 2.55 bits per heavy atom. The van der Waals surface area contributed by atoms with Crippen molar-refractivity contribution < 1.29 is 14.2 Å². The van der Waals surface area contributed by atoms with Gasteiger partial charge >= 0.3 is 0 Å². The van der Waals surface area contributed by atoms with Crippen molar-refractivity contribution in [1.82, 2.24) is 0 Å². The van der Waals surface area contributed by atoms with E-state index >= 15 is 0 Å². The van der Waals surface area contributed by atoms with Crippen molar-refractivity contribution in [3.63, 3.8) is 0 Å². The summed E-state index contributed by atoms with van der Waals surface area (Å²) in [6.07, 6.45) is -0.885. The zero-order chi connectivity index (χ0) is 14.5. The molecule has 106 valence electrons. The maximum atomic E-state index is 14.0. The van der Waals surface area contributed by atoms with Gasteiger partial charge in [-0.2, -0.15) is 0 Å². The van der Waals surface area contributed by atoms with Crippen LogP contribution in [-0.4, -0.2) is 11.7 Å². The number of ether oxygens (including phenoxy) is 1. The highest BCUT2D eigenvalue weighted by Gasteiger charge is 2.14. The third-order valence-electron chi connectivity index (χ3n) is 2.85. The van der Waals surface area contributed by atoms with Gasteiger partial charge in [0.05, 0.1) is 10.6 Å². The fourth-order valence-corrected chi connectivity index (χ4v) is 2.34. The van der Waals surface area contributed by atoms with Crippen molar-refractivity contribution >= 4 is 15.9 Å². The molecule has 0 fully saturated rings. The van der Waals surface area contributed by atoms with Crippen LogP contribution in [-0.2, 0) is 6.61 Å². The number of benzene rings is 2. The van der Waals surface area contributed by atoms with E-state index in [4.69, 9.17) is 10.5 Å². The van der Waals surface area contributed by atoms with E-state index in [2.05, 4.69) is 15.9 Å². The molecule has 5 heteroatoms. The van der Waals surface area contributed by atoms with Gasteiger partial charge in [0.15, 0.2) is 11.6 Å². The summed E-state index contributed by atoms with van der Waals surface area (Å²) in [5, 5.41) is 9.62. The number of aliphatic hydroxyl groups is 1. The van der Waals surface area contributed by atoms with Gasteiger partial charge in [0.1, 0.15) is 6.61 Å². The van der Waals surface area contributed by atoms with E-state index in [1.165, 1.54) is 6.07 Å². The third kappa shape index (κ3) is 3.56. The van der Waals surface area contributed by atoms with Crippen LogP contribution in [0.5, 0.6) is 5.75 Å². The molecule has 0 spiro atoms. The first-order chi connectivity index (χ1) is 9.61. The van der Waals surface area contributed by atoms with Crippen molar-refractivity contribution in [2.75, 3.05) is 6.54 Å². The SMILES string of the molecule is NCC(O)c1cc(F)c(OCc2ccccc2)c(Br)c1. The first-order valence-corrected chi connectivity index (χ1v) is 6.95. The van der Waals surface area contributed by atoms with Crippen LogP contribution in [0.25, 0.3) is 0 Å². The molecule has 1 unspecified atom stereocenters. The average Bonchev–Trinajstić information content (AvgIpc) is 2.46. The lowest BCUT2D eigenvalue weighted by Gasteiger charge is -2.13. The first kappa shape index (κ1) is 15.0.